The Hall–Kier alpha value is -1.93. The third-order valence-electron chi connectivity index (χ3n) is 4.72. The Morgan fingerprint density at radius 1 is 1.17 bits per heavy atom. The van der Waals surface area contributed by atoms with E-state index in [1.807, 2.05) is 41.5 Å². The number of carbonyl (C=O) groups is 2. The topological polar surface area (TPSA) is 76.0 Å². The van der Waals surface area contributed by atoms with E-state index in [0.29, 0.717) is 63.1 Å². The van der Waals surface area contributed by atoms with Crippen LogP contribution in [0.2, 0.25) is 0 Å². The highest BCUT2D eigenvalue weighted by molar-refractivity contribution is 6.23. The number of ketones is 2. The predicted molar refractivity (Wildman–Crippen MR) is 117 cm³/mol. The van der Waals surface area contributed by atoms with Crippen molar-refractivity contribution in [2.75, 3.05) is 19.8 Å². The van der Waals surface area contributed by atoms with E-state index in [2.05, 4.69) is 16.8 Å². The van der Waals surface area contributed by atoms with Gasteiger partial charge in [0, 0.05) is 44.1 Å². The maximum absolute atomic E-state index is 12.7. The Balaban J connectivity index is 2.75. The van der Waals surface area contributed by atoms with Crippen molar-refractivity contribution in [2.24, 2.45) is 22.2 Å². The van der Waals surface area contributed by atoms with Crippen LogP contribution < -0.4 is 0 Å². The van der Waals surface area contributed by atoms with Gasteiger partial charge >= 0.3 is 0 Å². The van der Waals surface area contributed by atoms with Crippen LogP contribution >= 0.6 is 0 Å². The first kappa shape index (κ1) is 25.1. The van der Waals surface area contributed by atoms with Gasteiger partial charge in [-0.1, -0.05) is 53.4 Å². The van der Waals surface area contributed by atoms with E-state index >= 15 is 0 Å². The first-order valence-corrected chi connectivity index (χ1v) is 10.6. The molecule has 0 fully saturated rings. The zero-order valence-corrected chi connectivity index (χ0v) is 18.9. The van der Waals surface area contributed by atoms with E-state index in [-0.39, 0.29) is 34.6 Å². The molecule has 0 radical (unpaired) electrons. The second kappa shape index (κ2) is 11.9. The largest absolute Gasteiger partial charge is 0.511 e. The maximum Gasteiger partial charge on any atom is 0.168 e. The molecule has 0 aliphatic heterocycles. The smallest absolute Gasteiger partial charge is 0.168 e. The van der Waals surface area contributed by atoms with Crippen molar-refractivity contribution in [3.63, 3.8) is 0 Å². The molecule has 0 spiro atoms. The minimum Gasteiger partial charge on any atom is -0.511 e. The van der Waals surface area contributed by atoms with E-state index in [0.717, 1.165) is 0 Å². The molecule has 0 atom stereocenters. The van der Waals surface area contributed by atoms with E-state index < -0.39 is 0 Å². The van der Waals surface area contributed by atoms with Gasteiger partial charge in [0.05, 0.1) is 17.9 Å². The minimum atomic E-state index is -0.243. The Morgan fingerprint density at radius 2 is 1.86 bits per heavy atom. The molecule has 5 heteroatoms. The van der Waals surface area contributed by atoms with Crippen LogP contribution in [-0.2, 0) is 14.3 Å². The van der Waals surface area contributed by atoms with Crippen molar-refractivity contribution in [3.8, 4) is 11.8 Å². The molecular formula is C24H37NO4. The average molecular weight is 404 g/mol. The third-order valence-corrected chi connectivity index (χ3v) is 4.72. The number of nitrogens with zero attached hydrogens (tertiary/aromatic N) is 1. The molecule has 1 aliphatic rings. The highest BCUT2D eigenvalue weighted by Gasteiger charge is 2.34. The Kier molecular flexibility index (Phi) is 10.3. The zero-order valence-electron chi connectivity index (χ0n) is 18.9. The molecule has 0 bridgehead atoms. The highest BCUT2D eigenvalue weighted by atomic mass is 16.5. The van der Waals surface area contributed by atoms with Gasteiger partial charge in [0.1, 0.15) is 18.1 Å². The second-order valence-electron chi connectivity index (χ2n) is 9.09. The van der Waals surface area contributed by atoms with E-state index in [1.54, 1.807) is 0 Å². The molecule has 0 heterocycles. The third kappa shape index (κ3) is 9.41. The Morgan fingerprint density at radius 3 is 2.45 bits per heavy atom. The van der Waals surface area contributed by atoms with Gasteiger partial charge < -0.3 is 9.84 Å². The van der Waals surface area contributed by atoms with E-state index in [4.69, 9.17) is 4.74 Å². The molecule has 0 saturated carbocycles. The molecule has 0 aromatic rings. The fourth-order valence-electron chi connectivity index (χ4n) is 3.19. The molecule has 0 unspecified atom stereocenters. The van der Waals surface area contributed by atoms with Crippen LogP contribution in [0.3, 0.4) is 0 Å². The number of allylic oxidation sites excluding steroid dienone is 2. The quantitative estimate of drug-likeness (QED) is 0.326. The molecule has 162 valence electrons. The molecule has 0 saturated heterocycles. The molecule has 0 aromatic carbocycles. The summed E-state index contributed by atoms with van der Waals surface area (Å²) in [5, 5.41) is 10.5. The molecule has 5 nitrogen and oxygen atoms in total. The number of aliphatic hydroxyl groups excluding tert-OH is 1. The average Bonchev–Trinajstić information content (AvgIpc) is 2.58. The molecule has 29 heavy (non-hydrogen) atoms. The standard InChI is InChI=1S/C24H37NO4/c1-17(2)9-7-12-25-19(11-14-29-13-8-10-20(26)18(3)4)23-21(27)15-24(5,6)16-22(23)28/h17-18,27H,8,10-16H2,1-6H3. The molecule has 0 aromatic heterocycles. The fraction of sp³-hybridized carbons (Fsp3) is 0.708. The van der Waals surface area contributed by atoms with Gasteiger partial charge in [0.2, 0.25) is 0 Å². The van der Waals surface area contributed by atoms with Crippen molar-refractivity contribution in [1.82, 2.24) is 0 Å². The maximum atomic E-state index is 12.7. The van der Waals surface area contributed by atoms with Gasteiger partial charge in [-0.3, -0.25) is 14.6 Å². The Bertz CT molecular complexity index is 702. The highest BCUT2D eigenvalue weighted by Crippen LogP contribution is 2.36. The molecule has 1 aliphatic carbocycles. The van der Waals surface area contributed by atoms with E-state index in [9.17, 15) is 14.7 Å². The van der Waals surface area contributed by atoms with Gasteiger partial charge in [0.25, 0.3) is 0 Å². The summed E-state index contributed by atoms with van der Waals surface area (Å²) in [4.78, 5) is 28.8. The monoisotopic (exact) mass is 403 g/mol. The summed E-state index contributed by atoms with van der Waals surface area (Å²) < 4.78 is 5.66. The van der Waals surface area contributed by atoms with Crippen LogP contribution in [0.15, 0.2) is 16.3 Å². The normalized spacial score (nSPS) is 17.0. The molecular weight excluding hydrogens is 366 g/mol. The van der Waals surface area contributed by atoms with Gasteiger partial charge in [-0.05, 0) is 11.8 Å². The lowest BCUT2D eigenvalue weighted by Gasteiger charge is -2.30. The van der Waals surface area contributed by atoms with Crippen LogP contribution in [0.4, 0.5) is 0 Å². The van der Waals surface area contributed by atoms with Crippen molar-refractivity contribution in [3.05, 3.63) is 11.3 Å². The van der Waals surface area contributed by atoms with Crippen molar-refractivity contribution in [1.29, 1.82) is 0 Å². The lowest BCUT2D eigenvalue weighted by molar-refractivity contribution is -0.122. The van der Waals surface area contributed by atoms with Crippen molar-refractivity contribution >= 4 is 17.3 Å². The summed E-state index contributed by atoms with van der Waals surface area (Å²) >= 11 is 0. The van der Waals surface area contributed by atoms with E-state index in [1.165, 1.54) is 0 Å². The lowest BCUT2D eigenvalue weighted by Crippen LogP contribution is -2.29. The molecule has 1 rings (SSSR count). The van der Waals surface area contributed by atoms with Crippen LogP contribution in [0.25, 0.3) is 0 Å². The summed E-state index contributed by atoms with van der Waals surface area (Å²) in [6.07, 6.45) is 2.49. The van der Waals surface area contributed by atoms with Gasteiger partial charge in [0.15, 0.2) is 5.78 Å². The van der Waals surface area contributed by atoms with Gasteiger partial charge in [-0.2, -0.15) is 0 Å². The summed E-state index contributed by atoms with van der Waals surface area (Å²) in [6.45, 7) is 12.9. The Labute approximate surface area is 176 Å². The summed E-state index contributed by atoms with van der Waals surface area (Å²) in [6, 6.07) is 0. The predicted octanol–water partition coefficient (Wildman–Crippen LogP) is 4.70. The molecule has 0 amide bonds. The first-order chi connectivity index (χ1) is 13.5. The number of hydrogen-bond acceptors (Lipinski definition) is 5. The van der Waals surface area contributed by atoms with Crippen molar-refractivity contribution < 1.29 is 19.4 Å². The van der Waals surface area contributed by atoms with Gasteiger partial charge in [-0.25, -0.2) is 0 Å². The summed E-state index contributed by atoms with van der Waals surface area (Å²) in [7, 11) is 0. The molecule has 1 N–H and O–H groups in total. The first-order valence-electron chi connectivity index (χ1n) is 10.6. The number of Topliss-reactive ketones (excluding diaryl/α,β-unsaturated/α-hetero) is 2. The van der Waals surface area contributed by atoms with Crippen LogP contribution in [0.5, 0.6) is 0 Å². The number of carbonyl (C=O) groups excluding carboxylic acids is 2. The zero-order chi connectivity index (χ0) is 22.0. The summed E-state index contributed by atoms with van der Waals surface area (Å²) in [5.74, 6) is 6.66. The van der Waals surface area contributed by atoms with Crippen molar-refractivity contribution in [2.45, 2.75) is 73.6 Å². The van der Waals surface area contributed by atoms with Crippen LogP contribution in [0.1, 0.15) is 73.6 Å². The summed E-state index contributed by atoms with van der Waals surface area (Å²) in [5.41, 5.74) is 0.667. The minimum absolute atomic E-state index is 0.0529. The number of hydrogen-bond donors (Lipinski definition) is 1. The fourth-order valence-corrected chi connectivity index (χ4v) is 3.19. The second-order valence-corrected chi connectivity index (χ2v) is 9.09. The van der Waals surface area contributed by atoms with Crippen LogP contribution in [0, 0.1) is 29.1 Å². The number of aliphatic hydroxyl groups is 1. The lowest BCUT2D eigenvalue weighted by atomic mass is 9.75. The van der Waals surface area contributed by atoms with Gasteiger partial charge in [-0.15, -0.1) is 0 Å². The number of ether oxygens (including phenoxy) is 1. The number of rotatable bonds is 10. The van der Waals surface area contributed by atoms with Crippen LogP contribution in [-0.4, -0.2) is 42.1 Å². The number of aliphatic imine (C=N–C) groups is 1. The SMILES string of the molecule is CC(C)C#CCN=C(CCOCCCC(=O)C(C)C)C1=C(O)CC(C)(C)CC1=O.